The molecule has 0 aromatic rings. The lowest BCUT2D eigenvalue weighted by Gasteiger charge is -2.21. The van der Waals surface area contributed by atoms with Gasteiger partial charge >= 0.3 is 12.1 Å². The van der Waals surface area contributed by atoms with Crippen LogP contribution in [0.1, 0.15) is 40.0 Å². The summed E-state index contributed by atoms with van der Waals surface area (Å²) in [6.45, 7) is 5.45. The summed E-state index contributed by atoms with van der Waals surface area (Å²) < 4.78 is 5.15. The van der Waals surface area contributed by atoms with Gasteiger partial charge in [-0.1, -0.05) is 0 Å². The van der Waals surface area contributed by atoms with E-state index in [4.69, 9.17) is 10.5 Å². The molecule has 0 heterocycles. The minimum atomic E-state index is -0.520. The third-order valence-corrected chi connectivity index (χ3v) is 2.50. The fourth-order valence-corrected chi connectivity index (χ4v) is 1.92. The summed E-state index contributed by atoms with van der Waals surface area (Å²) in [6.07, 6.45) is 1.93. The average molecular weight is 243 g/mol. The number of amides is 3. The second-order valence-corrected chi connectivity index (χ2v) is 5.36. The average Bonchev–Trinajstić information content (AvgIpc) is 2.46. The van der Waals surface area contributed by atoms with E-state index in [2.05, 4.69) is 10.6 Å². The third kappa shape index (κ3) is 5.42. The third-order valence-electron chi connectivity index (χ3n) is 2.50. The Morgan fingerprint density at radius 3 is 2.18 bits per heavy atom. The predicted octanol–water partition coefficient (Wildman–Crippen LogP) is 1.10. The van der Waals surface area contributed by atoms with E-state index < -0.39 is 17.7 Å². The molecule has 3 amide bonds. The molecule has 6 heteroatoms. The number of carbonyl (C=O) groups excluding carboxylic acids is 2. The number of alkyl carbamates (subject to hydrolysis) is 1. The lowest BCUT2D eigenvalue weighted by atomic mass is 10.2. The Morgan fingerprint density at radius 2 is 1.71 bits per heavy atom. The van der Waals surface area contributed by atoms with Crippen LogP contribution in [0.25, 0.3) is 0 Å². The summed E-state index contributed by atoms with van der Waals surface area (Å²) in [7, 11) is 0. The van der Waals surface area contributed by atoms with Crippen LogP contribution < -0.4 is 16.4 Å². The second-order valence-electron chi connectivity index (χ2n) is 5.36. The normalized spacial score (nSPS) is 24.2. The van der Waals surface area contributed by atoms with E-state index in [0.29, 0.717) is 6.42 Å². The first-order valence-corrected chi connectivity index (χ1v) is 5.82. The molecule has 0 aliphatic heterocycles. The first-order chi connectivity index (χ1) is 7.76. The molecule has 98 valence electrons. The predicted molar refractivity (Wildman–Crippen MR) is 63.5 cm³/mol. The lowest BCUT2D eigenvalue weighted by Crippen LogP contribution is -2.40. The van der Waals surface area contributed by atoms with Crippen LogP contribution in [-0.2, 0) is 4.74 Å². The summed E-state index contributed by atoms with van der Waals surface area (Å²) in [5.74, 6) is 0. The molecule has 6 nitrogen and oxygen atoms in total. The quantitative estimate of drug-likeness (QED) is 0.678. The minimum Gasteiger partial charge on any atom is -0.444 e. The van der Waals surface area contributed by atoms with E-state index in [1.54, 1.807) is 0 Å². The van der Waals surface area contributed by atoms with Crippen molar-refractivity contribution in [3.8, 4) is 0 Å². The van der Waals surface area contributed by atoms with E-state index in [1.807, 2.05) is 20.8 Å². The van der Waals surface area contributed by atoms with E-state index in [1.165, 1.54) is 0 Å². The van der Waals surface area contributed by atoms with Gasteiger partial charge in [0.05, 0.1) is 0 Å². The zero-order chi connectivity index (χ0) is 13.1. The fourth-order valence-electron chi connectivity index (χ4n) is 1.92. The van der Waals surface area contributed by atoms with Crippen LogP contribution in [0.15, 0.2) is 0 Å². The summed E-state index contributed by atoms with van der Waals surface area (Å²) in [6, 6.07) is -0.429. The SMILES string of the molecule is CC(C)(C)OC(=O)NC1CCC(NC(N)=O)C1. The van der Waals surface area contributed by atoms with Gasteiger partial charge in [0.1, 0.15) is 5.60 Å². The maximum Gasteiger partial charge on any atom is 0.407 e. The highest BCUT2D eigenvalue weighted by molar-refractivity contribution is 5.72. The molecule has 17 heavy (non-hydrogen) atoms. The number of hydrogen-bond acceptors (Lipinski definition) is 3. The first-order valence-electron chi connectivity index (χ1n) is 5.82. The second kappa shape index (κ2) is 5.25. The van der Waals surface area contributed by atoms with Crippen LogP contribution in [-0.4, -0.2) is 29.8 Å². The van der Waals surface area contributed by atoms with Gasteiger partial charge < -0.3 is 21.1 Å². The van der Waals surface area contributed by atoms with Gasteiger partial charge in [-0.3, -0.25) is 0 Å². The molecule has 1 aliphatic carbocycles. The molecule has 2 atom stereocenters. The number of rotatable bonds is 2. The van der Waals surface area contributed by atoms with E-state index >= 15 is 0 Å². The topological polar surface area (TPSA) is 93.4 Å². The molecule has 0 spiro atoms. The molecule has 0 radical (unpaired) electrons. The monoisotopic (exact) mass is 243 g/mol. The Balaban J connectivity index is 2.30. The van der Waals surface area contributed by atoms with Gasteiger partial charge in [0.15, 0.2) is 0 Å². The van der Waals surface area contributed by atoms with Crippen molar-refractivity contribution in [1.82, 2.24) is 10.6 Å². The van der Waals surface area contributed by atoms with Crippen molar-refractivity contribution in [2.24, 2.45) is 5.73 Å². The summed E-state index contributed by atoms with van der Waals surface area (Å²) >= 11 is 0. The molecular weight excluding hydrogens is 222 g/mol. The molecule has 1 aliphatic rings. The molecule has 0 aromatic heterocycles. The fraction of sp³-hybridized carbons (Fsp3) is 0.818. The number of nitrogens with one attached hydrogen (secondary N) is 2. The van der Waals surface area contributed by atoms with Gasteiger partial charge in [0, 0.05) is 12.1 Å². The molecule has 4 N–H and O–H groups in total. The van der Waals surface area contributed by atoms with Gasteiger partial charge in [-0.25, -0.2) is 9.59 Å². The Hall–Kier alpha value is -1.46. The van der Waals surface area contributed by atoms with E-state index in [0.717, 1.165) is 12.8 Å². The molecule has 1 fully saturated rings. The smallest absolute Gasteiger partial charge is 0.407 e. The van der Waals surface area contributed by atoms with Crippen molar-refractivity contribution in [2.45, 2.75) is 57.7 Å². The molecule has 1 saturated carbocycles. The molecule has 2 unspecified atom stereocenters. The summed E-state index contributed by atoms with van der Waals surface area (Å²) in [5.41, 5.74) is 4.55. The van der Waals surface area contributed by atoms with Crippen LogP contribution in [0.5, 0.6) is 0 Å². The van der Waals surface area contributed by atoms with Crippen LogP contribution in [0.4, 0.5) is 9.59 Å². The molecule has 1 rings (SSSR count). The van der Waals surface area contributed by atoms with Gasteiger partial charge in [0.2, 0.25) is 0 Å². The number of nitrogens with two attached hydrogens (primary N) is 1. The number of ether oxygens (including phenoxy) is 1. The molecule has 0 aromatic carbocycles. The van der Waals surface area contributed by atoms with Gasteiger partial charge in [-0.15, -0.1) is 0 Å². The molecule has 0 bridgehead atoms. The van der Waals surface area contributed by atoms with Gasteiger partial charge in [-0.05, 0) is 40.0 Å². The highest BCUT2D eigenvalue weighted by Crippen LogP contribution is 2.19. The highest BCUT2D eigenvalue weighted by Gasteiger charge is 2.28. The van der Waals surface area contributed by atoms with Crippen molar-refractivity contribution in [1.29, 1.82) is 0 Å². The number of carbonyl (C=O) groups is 2. The van der Waals surface area contributed by atoms with Crippen molar-refractivity contribution in [3.05, 3.63) is 0 Å². The zero-order valence-corrected chi connectivity index (χ0v) is 10.6. The van der Waals surface area contributed by atoms with Crippen LogP contribution in [0, 0.1) is 0 Å². The minimum absolute atomic E-state index is 0.0432. The van der Waals surface area contributed by atoms with Gasteiger partial charge in [-0.2, -0.15) is 0 Å². The Bertz CT molecular complexity index is 299. The number of urea groups is 1. The van der Waals surface area contributed by atoms with Crippen LogP contribution in [0.3, 0.4) is 0 Å². The van der Waals surface area contributed by atoms with E-state index in [9.17, 15) is 9.59 Å². The van der Waals surface area contributed by atoms with Crippen molar-refractivity contribution >= 4 is 12.1 Å². The van der Waals surface area contributed by atoms with Crippen LogP contribution >= 0.6 is 0 Å². The molecular formula is C11H21N3O3. The highest BCUT2D eigenvalue weighted by atomic mass is 16.6. The molecule has 0 saturated heterocycles. The standard InChI is InChI=1S/C11H21N3O3/c1-11(2,3)17-10(16)14-8-5-4-7(6-8)13-9(12)15/h7-8H,4-6H2,1-3H3,(H,14,16)(H3,12,13,15). The zero-order valence-electron chi connectivity index (χ0n) is 10.6. The Kier molecular flexibility index (Phi) is 4.20. The first kappa shape index (κ1) is 13.6. The van der Waals surface area contributed by atoms with Crippen molar-refractivity contribution in [3.63, 3.8) is 0 Å². The maximum absolute atomic E-state index is 11.5. The maximum atomic E-state index is 11.5. The van der Waals surface area contributed by atoms with E-state index in [-0.39, 0.29) is 12.1 Å². The number of hydrogen-bond donors (Lipinski definition) is 3. The summed E-state index contributed by atoms with van der Waals surface area (Å²) in [4.78, 5) is 22.2. The van der Waals surface area contributed by atoms with Gasteiger partial charge in [0.25, 0.3) is 0 Å². The Labute approximate surface area is 101 Å². The largest absolute Gasteiger partial charge is 0.444 e. The van der Waals surface area contributed by atoms with Crippen LogP contribution in [0.2, 0.25) is 0 Å². The lowest BCUT2D eigenvalue weighted by molar-refractivity contribution is 0.0505. The van der Waals surface area contributed by atoms with Crippen molar-refractivity contribution < 1.29 is 14.3 Å². The Morgan fingerprint density at radius 1 is 1.18 bits per heavy atom. The summed E-state index contributed by atoms with van der Waals surface area (Å²) in [5, 5.41) is 5.43. The number of primary amides is 1. The van der Waals surface area contributed by atoms with Crippen molar-refractivity contribution in [2.75, 3.05) is 0 Å².